The molecule has 0 bridgehead atoms. The molecule has 33 heavy (non-hydrogen) atoms. The Balaban J connectivity index is 1.55. The molecule has 2 aromatic rings. The molecule has 0 heterocycles. The van der Waals surface area contributed by atoms with Gasteiger partial charge >= 0.3 is 6.18 Å². The Bertz CT molecular complexity index is 1020. The number of amides is 1. The van der Waals surface area contributed by atoms with Crippen LogP contribution in [0.5, 0.6) is 0 Å². The normalized spacial score (nSPS) is 20.2. The van der Waals surface area contributed by atoms with Crippen LogP contribution in [0.1, 0.15) is 42.9 Å². The van der Waals surface area contributed by atoms with E-state index in [9.17, 15) is 26.4 Å². The highest BCUT2D eigenvalue weighted by atomic mass is 32.2. The predicted octanol–water partition coefficient (Wildman–Crippen LogP) is 4.05. The SMILES string of the molecule is COC[C@@H](NC(=O)C1CCC(NS(=O)(=O)c2ccc(C(F)(F)F)cc2)CC1)c1ccccc1. The number of methoxy groups -OCH3 is 1. The second-order valence-corrected chi connectivity index (χ2v) is 9.83. The smallest absolute Gasteiger partial charge is 0.382 e. The van der Waals surface area contributed by atoms with E-state index in [-0.39, 0.29) is 28.8 Å². The molecule has 2 N–H and O–H groups in total. The molecule has 1 saturated carbocycles. The molecule has 1 aliphatic carbocycles. The molecule has 0 aromatic heterocycles. The summed E-state index contributed by atoms with van der Waals surface area (Å²) in [5, 5.41) is 3.02. The third-order valence-electron chi connectivity index (χ3n) is 5.76. The van der Waals surface area contributed by atoms with Gasteiger partial charge in [0, 0.05) is 19.1 Å². The maximum Gasteiger partial charge on any atom is 0.416 e. The molecule has 0 saturated heterocycles. The monoisotopic (exact) mass is 484 g/mol. The summed E-state index contributed by atoms with van der Waals surface area (Å²) in [5.41, 5.74) is 0.0286. The zero-order valence-electron chi connectivity index (χ0n) is 18.1. The first kappa shape index (κ1) is 25.2. The average molecular weight is 485 g/mol. The van der Waals surface area contributed by atoms with Crippen LogP contribution < -0.4 is 10.0 Å². The van der Waals surface area contributed by atoms with E-state index < -0.39 is 21.8 Å². The molecule has 0 aliphatic heterocycles. The van der Waals surface area contributed by atoms with Crippen molar-refractivity contribution in [3.8, 4) is 0 Å². The number of carbonyl (C=O) groups is 1. The van der Waals surface area contributed by atoms with Crippen LogP contribution in [-0.2, 0) is 25.7 Å². The molecule has 0 unspecified atom stereocenters. The van der Waals surface area contributed by atoms with Crippen molar-refractivity contribution in [2.45, 2.75) is 48.8 Å². The molecule has 0 radical (unpaired) electrons. The zero-order valence-corrected chi connectivity index (χ0v) is 19.0. The lowest BCUT2D eigenvalue weighted by Crippen LogP contribution is -2.42. The molecule has 1 amide bonds. The number of benzene rings is 2. The zero-order chi connectivity index (χ0) is 24.1. The van der Waals surface area contributed by atoms with Gasteiger partial charge in [0.2, 0.25) is 15.9 Å². The summed E-state index contributed by atoms with van der Waals surface area (Å²) >= 11 is 0. The number of alkyl halides is 3. The van der Waals surface area contributed by atoms with E-state index in [4.69, 9.17) is 4.74 Å². The van der Waals surface area contributed by atoms with Gasteiger partial charge in [0.1, 0.15) is 0 Å². The molecular formula is C23H27F3N2O4S. The minimum Gasteiger partial charge on any atom is -0.382 e. The number of sulfonamides is 1. The molecule has 1 aliphatic rings. The molecule has 2 aromatic carbocycles. The van der Waals surface area contributed by atoms with Crippen LogP contribution in [0.4, 0.5) is 13.2 Å². The third-order valence-corrected chi connectivity index (χ3v) is 7.30. The summed E-state index contributed by atoms with van der Waals surface area (Å²) in [5.74, 6) is -0.357. The first-order valence-corrected chi connectivity index (χ1v) is 12.1. The van der Waals surface area contributed by atoms with Gasteiger partial charge in [0.05, 0.1) is 23.1 Å². The van der Waals surface area contributed by atoms with E-state index in [1.54, 1.807) is 7.11 Å². The van der Waals surface area contributed by atoms with Gasteiger partial charge in [-0.05, 0) is 55.5 Å². The van der Waals surface area contributed by atoms with Crippen LogP contribution in [0, 0.1) is 5.92 Å². The molecule has 10 heteroatoms. The molecule has 6 nitrogen and oxygen atoms in total. The minimum atomic E-state index is -4.53. The molecule has 1 fully saturated rings. The van der Waals surface area contributed by atoms with Gasteiger partial charge in [-0.3, -0.25) is 4.79 Å². The van der Waals surface area contributed by atoms with E-state index in [1.165, 1.54) is 0 Å². The van der Waals surface area contributed by atoms with E-state index in [2.05, 4.69) is 10.0 Å². The van der Waals surface area contributed by atoms with Crippen molar-refractivity contribution < 1.29 is 31.1 Å². The van der Waals surface area contributed by atoms with Gasteiger partial charge in [-0.15, -0.1) is 0 Å². The summed E-state index contributed by atoms with van der Waals surface area (Å²) < 4.78 is 71.0. The number of rotatable bonds is 8. The summed E-state index contributed by atoms with van der Waals surface area (Å²) in [4.78, 5) is 12.6. The molecular weight excluding hydrogens is 457 g/mol. The van der Waals surface area contributed by atoms with Crippen LogP contribution >= 0.6 is 0 Å². The van der Waals surface area contributed by atoms with Crippen LogP contribution in [0.25, 0.3) is 0 Å². The lowest BCUT2D eigenvalue weighted by molar-refractivity contribution is -0.137. The number of hydrogen-bond donors (Lipinski definition) is 2. The fraction of sp³-hybridized carbons (Fsp3) is 0.435. The van der Waals surface area contributed by atoms with Crippen LogP contribution in [0.15, 0.2) is 59.5 Å². The van der Waals surface area contributed by atoms with Crippen molar-refractivity contribution in [1.82, 2.24) is 10.0 Å². The Hall–Kier alpha value is -2.43. The van der Waals surface area contributed by atoms with Gasteiger partial charge in [0.15, 0.2) is 0 Å². The Kier molecular flexibility index (Phi) is 8.14. The largest absolute Gasteiger partial charge is 0.416 e. The number of carbonyl (C=O) groups excluding carboxylic acids is 1. The molecule has 0 spiro atoms. The predicted molar refractivity (Wildman–Crippen MR) is 117 cm³/mol. The summed E-state index contributed by atoms with van der Waals surface area (Å²) in [6.45, 7) is 0.331. The van der Waals surface area contributed by atoms with Gasteiger partial charge in [0.25, 0.3) is 0 Å². The number of ether oxygens (including phenoxy) is 1. The van der Waals surface area contributed by atoms with Crippen molar-refractivity contribution in [3.05, 3.63) is 65.7 Å². The highest BCUT2D eigenvalue weighted by molar-refractivity contribution is 7.89. The van der Waals surface area contributed by atoms with Crippen molar-refractivity contribution in [1.29, 1.82) is 0 Å². The van der Waals surface area contributed by atoms with E-state index >= 15 is 0 Å². The van der Waals surface area contributed by atoms with Crippen molar-refractivity contribution in [2.24, 2.45) is 5.92 Å². The first-order chi connectivity index (χ1) is 15.6. The van der Waals surface area contributed by atoms with Crippen molar-refractivity contribution in [2.75, 3.05) is 13.7 Å². The Labute approximate surface area is 191 Å². The molecule has 3 rings (SSSR count). The van der Waals surface area contributed by atoms with Gasteiger partial charge < -0.3 is 10.1 Å². The maximum absolute atomic E-state index is 12.8. The summed E-state index contributed by atoms with van der Waals surface area (Å²) in [6, 6.07) is 12.2. The third kappa shape index (κ3) is 6.78. The first-order valence-electron chi connectivity index (χ1n) is 10.6. The fourth-order valence-corrected chi connectivity index (χ4v) is 5.25. The van der Waals surface area contributed by atoms with Gasteiger partial charge in [-0.25, -0.2) is 13.1 Å². The van der Waals surface area contributed by atoms with Gasteiger partial charge in [-0.1, -0.05) is 30.3 Å². The van der Waals surface area contributed by atoms with E-state index in [1.807, 2.05) is 30.3 Å². The second-order valence-electron chi connectivity index (χ2n) is 8.12. The van der Waals surface area contributed by atoms with E-state index in [0.717, 1.165) is 29.8 Å². The van der Waals surface area contributed by atoms with Crippen molar-refractivity contribution >= 4 is 15.9 Å². The Morgan fingerprint density at radius 2 is 1.64 bits per heavy atom. The number of hydrogen-bond acceptors (Lipinski definition) is 4. The van der Waals surface area contributed by atoms with E-state index in [0.29, 0.717) is 32.3 Å². The highest BCUT2D eigenvalue weighted by Crippen LogP contribution is 2.30. The Morgan fingerprint density at radius 3 is 2.18 bits per heavy atom. The maximum atomic E-state index is 12.8. The lowest BCUT2D eigenvalue weighted by Gasteiger charge is -2.29. The fourth-order valence-electron chi connectivity index (χ4n) is 3.95. The lowest BCUT2D eigenvalue weighted by atomic mass is 9.85. The van der Waals surface area contributed by atoms with Crippen LogP contribution in [0.3, 0.4) is 0 Å². The topological polar surface area (TPSA) is 84.5 Å². The average Bonchev–Trinajstić information content (AvgIpc) is 2.79. The number of nitrogens with one attached hydrogen (secondary N) is 2. The highest BCUT2D eigenvalue weighted by Gasteiger charge is 2.32. The second kappa shape index (κ2) is 10.7. The minimum absolute atomic E-state index is 0.107. The summed E-state index contributed by atoms with van der Waals surface area (Å²) in [7, 11) is -2.39. The summed E-state index contributed by atoms with van der Waals surface area (Å²) in [6.07, 6.45) is -2.62. The standard InChI is InChI=1S/C23H27F3N2O4S/c1-32-15-21(16-5-3-2-4-6-16)27-22(29)17-7-11-19(12-8-17)28-33(30,31)20-13-9-18(10-14-20)23(24,25)26/h2-6,9-10,13-14,17,19,21,28H,7-8,11-12,15H2,1H3,(H,27,29)/t17?,19?,21-/m1/s1. The molecule has 1 atom stereocenters. The molecule has 180 valence electrons. The van der Waals surface area contributed by atoms with Crippen LogP contribution in [0.2, 0.25) is 0 Å². The number of halogens is 3. The van der Waals surface area contributed by atoms with Crippen molar-refractivity contribution in [3.63, 3.8) is 0 Å². The Morgan fingerprint density at radius 1 is 1.03 bits per heavy atom. The van der Waals surface area contributed by atoms with Gasteiger partial charge in [-0.2, -0.15) is 13.2 Å². The van der Waals surface area contributed by atoms with Crippen LogP contribution in [-0.4, -0.2) is 34.1 Å². The quantitative estimate of drug-likeness (QED) is 0.592.